The molecule has 0 saturated heterocycles. The van der Waals surface area contributed by atoms with Gasteiger partial charge in [0.15, 0.2) is 0 Å². The molecule has 0 aliphatic heterocycles. The average molecular weight is 369 g/mol. The predicted octanol–water partition coefficient (Wildman–Crippen LogP) is 4.80. The Kier molecular flexibility index (Phi) is 5.71. The van der Waals surface area contributed by atoms with E-state index >= 15 is 0 Å². The van der Waals surface area contributed by atoms with E-state index in [0.717, 1.165) is 40.3 Å². The molecule has 0 bridgehead atoms. The third-order valence-electron chi connectivity index (χ3n) is 4.76. The highest BCUT2D eigenvalue weighted by molar-refractivity contribution is 6.16. The number of hydrogen-bond acceptors (Lipinski definition) is 4. The SMILES string of the molecule is CCOC(=O)c1c(C)n(CCCOC(C)C)c2c1cc(O)c1ccccc12. The van der Waals surface area contributed by atoms with Crippen LogP contribution in [0.5, 0.6) is 5.75 Å². The molecule has 5 nitrogen and oxygen atoms in total. The van der Waals surface area contributed by atoms with Crippen molar-refractivity contribution in [3.8, 4) is 5.75 Å². The number of esters is 1. The summed E-state index contributed by atoms with van der Waals surface area (Å²) in [6, 6.07) is 9.39. The zero-order valence-electron chi connectivity index (χ0n) is 16.4. The monoisotopic (exact) mass is 369 g/mol. The summed E-state index contributed by atoms with van der Waals surface area (Å²) in [5, 5.41) is 12.9. The van der Waals surface area contributed by atoms with Crippen molar-refractivity contribution < 1.29 is 19.4 Å². The number of hydrogen-bond donors (Lipinski definition) is 1. The molecule has 0 saturated carbocycles. The van der Waals surface area contributed by atoms with Gasteiger partial charge >= 0.3 is 5.97 Å². The van der Waals surface area contributed by atoms with Crippen molar-refractivity contribution in [1.29, 1.82) is 0 Å². The molecule has 0 aliphatic rings. The molecule has 144 valence electrons. The molecule has 1 N–H and O–H groups in total. The quantitative estimate of drug-likeness (QED) is 0.480. The predicted molar refractivity (Wildman–Crippen MR) is 108 cm³/mol. The highest BCUT2D eigenvalue weighted by Crippen LogP contribution is 2.37. The molecule has 3 aromatic rings. The van der Waals surface area contributed by atoms with Crippen molar-refractivity contribution in [1.82, 2.24) is 4.57 Å². The van der Waals surface area contributed by atoms with Gasteiger partial charge in [0, 0.05) is 35.0 Å². The summed E-state index contributed by atoms with van der Waals surface area (Å²) in [5.74, 6) is -0.184. The normalized spacial score (nSPS) is 11.6. The summed E-state index contributed by atoms with van der Waals surface area (Å²) in [5.41, 5.74) is 2.33. The Morgan fingerprint density at radius 1 is 1.19 bits per heavy atom. The number of aromatic hydroxyl groups is 1. The van der Waals surface area contributed by atoms with Crippen LogP contribution in [0.4, 0.5) is 0 Å². The van der Waals surface area contributed by atoms with E-state index in [1.165, 1.54) is 0 Å². The van der Waals surface area contributed by atoms with Gasteiger partial charge in [-0.15, -0.1) is 0 Å². The van der Waals surface area contributed by atoms with Crippen molar-refractivity contribution in [3.05, 3.63) is 41.6 Å². The molecular formula is C22H27NO4. The highest BCUT2D eigenvalue weighted by Gasteiger charge is 2.23. The van der Waals surface area contributed by atoms with Gasteiger partial charge in [0.2, 0.25) is 0 Å². The lowest BCUT2D eigenvalue weighted by molar-refractivity contribution is 0.0527. The number of phenols is 1. The first-order chi connectivity index (χ1) is 13.0. The van der Waals surface area contributed by atoms with Gasteiger partial charge in [-0.2, -0.15) is 0 Å². The van der Waals surface area contributed by atoms with E-state index in [-0.39, 0.29) is 17.8 Å². The van der Waals surface area contributed by atoms with Crippen LogP contribution in [0.25, 0.3) is 21.7 Å². The molecule has 27 heavy (non-hydrogen) atoms. The smallest absolute Gasteiger partial charge is 0.340 e. The number of aryl methyl sites for hydroxylation is 1. The van der Waals surface area contributed by atoms with Crippen molar-refractivity contribution in [2.75, 3.05) is 13.2 Å². The molecule has 0 radical (unpaired) electrons. The third kappa shape index (κ3) is 3.65. The van der Waals surface area contributed by atoms with E-state index in [1.54, 1.807) is 13.0 Å². The van der Waals surface area contributed by atoms with Crippen molar-refractivity contribution in [2.24, 2.45) is 0 Å². The minimum absolute atomic E-state index is 0.170. The summed E-state index contributed by atoms with van der Waals surface area (Å²) >= 11 is 0. The Morgan fingerprint density at radius 2 is 1.89 bits per heavy atom. The number of aromatic nitrogens is 1. The van der Waals surface area contributed by atoms with Gasteiger partial charge in [-0.3, -0.25) is 0 Å². The Labute approximate surface area is 159 Å². The van der Waals surface area contributed by atoms with Crippen LogP contribution in [0.1, 0.15) is 43.2 Å². The molecule has 0 aliphatic carbocycles. The topological polar surface area (TPSA) is 60.7 Å². The van der Waals surface area contributed by atoms with Gasteiger partial charge in [0.05, 0.1) is 23.8 Å². The number of carbonyl (C=O) groups is 1. The number of benzene rings is 2. The van der Waals surface area contributed by atoms with Gasteiger partial charge in [-0.25, -0.2) is 4.79 Å². The molecule has 0 fully saturated rings. The van der Waals surface area contributed by atoms with Crippen molar-refractivity contribution in [2.45, 2.75) is 46.8 Å². The van der Waals surface area contributed by atoms with Gasteiger partial charge in [0.1, 0.15) is 5.75 Å². The summed E-state index contributed by atoms with van der Waals surface area (Å²) in [4.78, 5) is 12.6. The van der Waals surface area contributed by atoms with Crippen LogP contribution in [-0.2, 0) is 16.0 Å². The van der Waals surface area contributed by atoms with Crippen molar-refractivity contribution in [3.63, 3.8) is 0 Å². The lowest BCUT2D eigenvalue weighted by Crippen LogP contribution is -2.10. The van der Waals surface area contributed by atoms with Crippen LogP contribution in [0.15, 0.2) is 30.3 Å². The molecule has 1 heterocycles. The average Bonchev–Trinajstić information content (AvgIpc) is 2.90. The molecule has 2 aromatic carbocycles. The summed E-state index contributed by atoms with van der Waals surface area (Å²) in [7, 11) is 0. The molecule has 3 rings (SSSR count). The van der Waals surface area contributed by atoms with Crippen LogP contribution in [-0.4, -0.2) is 35.0 Å². The molecule has 5 heteroatoms. The van der Waals surface area contributed by atoms with Gasteiger partial charge in [-0.05, 0) is 40.2 Å². The largest absolute Gasteiger partial charge is 0.507 e. The second-order valence-electron chi connectivity index (χ2n) is 6.94. The highest BCUT2D eigenvalue weighted by atomic mass is 16.5. The first-order valence-corrected chi connectivity index (χ1v) is 9.47. The first-order valence-electron chi connectivity index (χ1n) is 9.47. The van der Waals surface area contributed by atoms with E-state index in [0.29, 0.717) is 18.8 Å². The molecule has 0 amide bonds. The Balaban J connectivity index is 2.18. The van der Waals surface area contributed by atoms with Crippen LogP contribution in [0, 0.1) is 6.92 Å². The lowest BCUT2D eigenvalue weighted by atomic mass is 10.0. The van der Waals surface area contributed by atoms with E-state index in [2.05, 4.69) is 4.57 Å². The maximum absolute atomic E-state index is 12.6. The summed E-state index contributed by atoms with van der Waals surface area (Å²) in [6.07, 6.45) is 1.03. The van der Waals surface area contributed by atoms with Crippen LogP contribution in [0.3, 0.4) is 0 Å². The van der Waals surface area contributed by atoms with E-state index in [4.69, 9.17) is 9.47 Å². The fraction of sp³-hybridized carbons (Fsp3) is 0.409. The van der Waals surface area contributed by atoms with Gasteiger partial charge in [0.25, 0.3) is 0 Å². The second kappa shape index (κ2) is 8.01. The second-order valence-corrected chi connectivity index (χ2v) is 6.94. The standard InChI is InChI=1S/C22H27NO4/c1-5-26-22(25)20-15(4)23(11-8-12-27-14(2)3)21-17-10-7-6-9-16(17)19(24)13-18(20)21/h6-7,9-10,13-14,24H,5,8,11-12H2,1-4H3. The maximum atomic E-state index is 12.6. The molecular weight excluding hydrogens is 342 g/mol. The minimum atomic E-state index is -0.355. The zero-order valence-corrected chi connectivity index (χ0v) is 16.4. The number of fused-ring (bicyclic) bond motifs is 3. The summed E-state index contributed by atoms with van der Waals surface area (Å²) in [6.45, 7) is 9.46. The zero-order chi connectivity index (χ0) is 19.6. The number of rotatable bonds is 7. The Hall–Kier alpha value is -2.53. The van der Waals surface area contributed by atoms with Crippen LogP contribution < -0.4 is 0 Å². The van der Waals surface area contributed by atoms with Gasteiger partial charge in [-0.1, -0.05) is 24.3 Å². The first kappa shape index (κ1) is 19.2. The fourth-order valence-electron chi connectivity index (χ4n) is 3.60. The van der Waals surface area contributed by atoms with Crippen LogP contribution >= 0.6 is 0 Å². The number of ether oxygens (including phenoxy) is 2. The lowest BCUT2D eigenvalue weighted by Gasteiger charge is -2.12. The Morgan fingerprint density at radius 3 is 2.56 bits per heavy atom. The van der Waals surface area contributed by atoms with E-state index in [1.807, 2.05) is 45.0 Å². The van der Waals surface area contributed by atoms with E-state index in [9.17, 15) is 9.90 Å². The Bertz CT molecular complexity index is 972. The minimum Gasteiger partial charge on any atom is -0.507 e. The molecule has 0 atom stereocenters. The maximum Gasteiger partial charge on any atom is 0.340 e. The molecule has 0 unspecified atom stereocenters. The molecule has 0 spiro atoms. The van der Waals surface area contributed by atoms with E-state index < -0.39 is 0 Å². The summed E-state index contributed by atoms with van der Waals surface area (Å²) < 4.78 is 13.1. The van der Waals surface area contributed by atoms with Gasteiger partial charge < -0.3 is 19.1 Å². The fourth-order valence-corrected chi connectivity index (χ4v) is 3.60. The number of carbonyl (C=O) groups excluding carboxylic acids is 1. The number of phenolic OH excluding ortho intramolecular Hbond substituents is 1. The number of nitrogens with zero attached hydrogens (tertiary/aromatic N) is 1. The third-order valence-corrected chi connectivity index (χ3v) is 4.76. The van der Waals surface area contributed by atoms with Crippen molar-refractivity contribution >= 4 is 27.6 Å². The molecule has 1 aromatic heterocycles. The van der Waals surface area contributed by atoms with Crippen LogP contribution in [0.2, 0.25) is 0 Å².